The molecule has 2 aromatic rings. The number of aliphatic imine (C=N–C) groups is 1. The maximum atomic E-state index is 13.0. The molecule has 3 nitrogen and oxygen atoms in total. The molecule has 1 amide bonds. The van der Waals surface area contributed by atoms with Crippen molar-refractivity contribution in [2.75, 3.05) is 6.54 Å². The summed E-state index contributed by atoms with van der Waals surface area (Å²) in [5.41, 5.74) is 2.76. The van der Waals surface area contributed by atoms with Gasteiger partial charge in [-0.1, -0.05) is 24.3 Å². The standard InChI is InChI=1S/C19H17FN2OS/c1-3-22-18(23)17(12-14-7-5-4-6-13(14)2)24-19(22)21-16-10-8-15(20)9-11-16/h4-12H,3H2,1-2H3/b17-12+,21-19?. The van der Waals surface area contributed by atoms with Crippen LogP contribution in [-0.4, -0.2) is 22.5 Å². The van der Waals surface area contributed by atoms with E-state index in [2.05, 4.69) is 4.99 Å². The summed E-state index contributed by atoms with van der Waals surface area (Å²) in [5.74, 6) is -0.354. The van der Waals surface area contributed by atoms with Crippen LogP contribution in [0.5, 0.6) is 0 Å². The van der Waals surface area contributed by atoms with Crippen LogP contribution in [0.4, 0.5) is 10.1 Å². The predicted octanol–water partition coefficient (Wildman–Crippen LogP) is 4.76. The third kappa shape index (κ3) is 3.41. The van der Waals surface area contributed by atoms with Gasteiger partial charge in [0.1, 0.15) is 5.82 Å². The van der Waals surface area contributed by atoms with Crippen LogP contribution in [0.25, 0.3) is 6.08 Å². The summed E-state index contributed by atoms with van der Waals surface area (Å²) in [6.07, 6.45) is 1.90. The van der Waals surface area contributed by atoms with Gasteiger partial charge in [-0.05, 0) is 67.1 Å². The largest absolute Gasteiger partial charge is 0.287 e. The first-order chi connectivity index (χ1) is 11.6. The molecule has 0 saturated carbocycles. The van der Waals surface area contributed by atoms with Crippen molar-refractivity contribution in [3.05, 3.63) is 70.4 Å². The Hall–Kier alpha value is -2.40. The van der Waals surface area contributed by atoms with Gasteiger partial charge < -0.3 is 0 Å². The Morgan fingerprint density at radius 1 is 1.17 bits per heavy atom. The predicted molar refractivity (Wildman–Crippen MR) is 97.6 cm³/mol. The quantitative estimate of drug-likeness (QED) is 0.755. The molecule has 122 valence electrons. The molecule has 3 rings (SSSR count). The number of amides is 1. The molecule has 0 unspecified atom stereocenters. The molecule has 5 heteroatoms. The molecule has 0 N–H and O–H groups in total. The fraction of sp³-hybridized carbons (Fsp3) is 0.158. The number of benzene rings is 2. The van der Waals surface area contributed by atoms with E-state index in [1.807, 2.05) is 44.2 Å². The smallest absolute Gasteiger partial charge is 0.266 e. The van der Waals surface area contributed by atoms with E-state index >= 15 is 0 Å². The minimum absolute atomic E-state index is 0.0494. The van der Waals surface area contributed by atoms with Gasteiger partial charge in [0.2, 0.25) is 0 Å². The average Bonchev–Trinajstić information content (AvgIpc) is 2.87. The first kappa shape index (κ1) is 16.5. The normalized spacial score (nSPS) is 18.0. The number of halogens is 1. The fourth-order valence-electron chi connectivity index (χ4n) is 2.39. The Morgan fingerprint density at radius 3 is 2.54 bits per heavy atom. The molecule has 0 spiro atoms. The van der Waals surface area contributed by atoms with Gasteiger partial charge in [-0.25, -0.2) is 9.38 Å². The third-order valence-corrected chi connectivity index (χ3v) is 4.74. The zero-order valence-corrected chi connectivity index (χ0v) is 14.3. The van der Waals surface area contributed by atoms with Gasteiger partial charge in [0.05, 0.1) is 10.6 Å². The molecule has 1 saturated heterocycles. The van der Waals surface area contributed by atoms with Crippen LogP contribution < -0.4 is 0 Å². The van der Waals surface area contributed by atoms with Gasteiger partial charge in [0, 0.05) is 6.54 Å². The van der Waals surface area contributed by atoms with Crippen LogP contribution in [0.1, 0.15) is 18.1 Å². The first-order valence-corrected chi connectivity index (χ1v) is 8.51. The van der Waals surface area contributed by atoms with E-state index in [4.69, 9.17) is 0 Å². The van der Waals surface area contributed by atoms with E-state index in [-0.39, 0.29) is 11.7 Å². The van der Waals surface area contributed by atoms with Crippen molar-refractivity contribution in [2.45, 2.75) is 13.8 Å². The second-order valence-electron chi connectivity index (χ2n) is 5.39. The molecular formula is C19H17FN2OS. The van der Waals surface area contributed by atoms with E-state index in [0.717, 1.165) is 11.1 Å². The SMILES string of the molecule is CCN1C(=O)/C(=C\c2ccccc2C)SC1=Nc1ccc(F)cc1. The number of hydrogen-bond acceptors (Lipinski definition) is 3. The van der Waals surface area contributed by atoms with Gasteiger partial charge in [-0.3, -0.25) is 9.69 Å². The molecule has 2 aromatic carbocycles. The maximum absolute atomic E-state index is 13.0. The number of amidine groups is 1. The summed E-state index contributed by atoms with van der Waals surface area (Å²) in [6, 6.07) is 13.9. The lowest BCUT2D eigenvalue weighted by molar-refractivity contribution is -0.122. The van der Waals surface area contributed by atoms with Gasteiger partial charge in [-0.15, -0.1) is 0 Å². The zero-order valence-electron chi connectivity index (χ0n) is 13.5. The highest BCUT2D eigenvalue weighted by atomic mass is 32.2. The van der Waals surface area contributed by atoms with Crippen LogP contribution in [-0.2, 0) is 4.79 Å². The van der Waals surface area contributed by atoms with E-state index in [0.29, 0.717) is 22.3 Å². The molecule has 0 bridgehead atoms. The van der Waals surface area contributed by atoms with Crippen molar-refractivity contribution >= 4 is 34.6 Å². The van der Waals surface area contributed by atoms with Crippen molar-refractivity contribution in [3.63, 3.8) is 0 Å². The molecule has 0 atom stereocenters. The Kier molecular flexibility index (Phi) is 4.81. The summed E-state index contributed by atoms with van der Waals surface area (Å²) < 4.78 is 13.0. The fourth-order valence-corrected chi connectivity index (χ4v) is 3.44. The van der Waals surface area contributed by atoms with Crippen molar-refractivity contribution in [1.29, 1.82) is 0 Å². The summed E-state index contributed by atoms with van der Waals surface area (Å²) in [5, 5.41) is 0.619. The highest BCUT2D eigenvalue weighted by Crippen LogP contribution is 2.34. The number of carbonyl (C=O) groups is 1. The number of thioether (sulfide) groups is 1. The minimum atomic E-state index is -0.304. The Morgan fingerprint density at radius 2 is 1.88 bits per heavy atom. The minimum Gasteiger partial charge on any atom is -0.287 e. The molecule has 0 aliphatic carbocycles. The molecule has 0 aromatic heterocycles. The van der Waals surface area contributed by atoms with Crippen molar-refractivity contribution < 1.29 is 9.18 Å². The third-order valence-electron chi connectivity index (χ3n) is 3.73. The number of likely N-dealkylation sites (N-methyl/N-ethyl adjacent to an activating group) is 1. The number of carbonyl (C=O) groups excluding carboxylic acids is 1. The summed E-state index contributed by atoms with van der Waals surface area (Å²) in [7, 11) is 0. The van der Waals surface area contributed by atoms with Gasteiger partial charge >= 0.3 is 0 Å². The second-order valence-corrected chi connectivity index (χ2v) is 6.40. The van der Waals surface area contributed by atoms with Crippen molar-refractivity contribution in [3.8, 4) is 0 Å². The van der Waals surface area contributed by atoms with E-state index in [1.54, 1.807) is 17.0 Å². The van der Waals surface area contributed by atoms with Crippen molar-refractivity contribution in [1.82, 2.24) is 4.90 Å². The molecular weight excluding hydrogens is 323 g/mol. The zero-order chi connectivity index (χ0) is 17.1. The van der Waals surface area contributed by atoms with E-state index in [1.165, 1.54) is 23.9 Å². The first-order valence-electron chi connectivity index (χ1n) is 7.70. The maximum Gasteiger partial charge on any atom is 0.266 e. The van der Waals surface area contributed by atoms with Gasteiger partial charge in [0.15, 0.2) is 5.17 Å². The lowest BCUT2D eigenvalue weighted by Gasteiger charge is -2.11. The number of hydrogen-bond donors (Lipinski definition) is 0. The number of aryl methyl sites for hydroxylation is 1. The van der Waals surface area contributed by atoms with Crippen LogP contribution in [0.15, 0.2) is 58.4 Å². The van der Waals surface area contributed by atoms with Crippen LogP contribution in [0.3, 0.4) is 0 Å². The highest BCUT2D eigenvalue weighted by molar-refractivity contribution is 8.18. The monoisotopic (exact) mass is 340 g/mol. The van der Waals surface area contributed by atoms with Crippen LogP contribution >= 0.6 is 11.8 Å². The molecule has 0 radical (unpaired) electrons. The lowest BCUT2D eigenvalue weighted by Crippen LogP contribution is -2.28. The van der Waals surface area contributed by atoms with Gasteiger partial charge in [0.25, 0.3) is 5.91 Å². The molecule has 24 heavy (non-hydrogen) atoms. The van der Waals surface area contributed by atoms with E-state index < -0.39 is 0 Å². The molecule has 1 fully saturated rings. The topological polar surface area (TPSA) is 32.7 Å². The highest BCUT2D eigenvalue weighted by Gasteiger charge is 2.32. The Labute approximate surface area is 144 Å². The molecule has 1 heterocycles. The van der Waals surface area contributed by atoms with Gasteiger partial charge in [-0.2, -0.15) is 0 Å². The lowest BCUT2D eigenvalue weighted by atomic mass is 10.1. The summed E-state index contributed by atoms with van der Waals surface area (Å²) >= 11 is 1.35. The average molecular weight is 340 g/mol. The van der Waals surface area contributed by atoms with Crippen LogP contribution in [0.2, 0.25) is 0 Å². The Balaban J connectivity index is 1.94. The number of rotatable bonds is 3. The second kappa shape index (κ2) is 7.01. The summed E-state index contributed by atoms with van der Waals surface area (Å²) in [4.78, 5) is 19.4. The van der Waals surface area contributed by atoms with Crippen molar-refractivity contribution in [2.24, 2.45) is 4.99 Å². The molecule has 1 aliphatic rings. The summed E-state index contributed by atoms with van der Waals surface area (Å²) in [6.45, 7) is 4.47. The van der Waals surface area contributed by atoms with E-state index in [9.17, 15) is 9.18 Å². The molecule has 1 aliphatic heterocycles. The number of nitrogens with zero attached hydrogens (tertiary/aromatic N) is 2. The van der Waals surface area contributed by atoms with Crippen LogP contribution in [0, 0.1) is 12.7 Å². The Bertz CT molecular complexity index is 828.